The smallest absolute Gasteiger partial charge is 0.157 e. The minimum atomic E-state index is 0.0238. The van der Waals surface area contributed by atoms with Crippen LogP contribution in [0.3, 0.4) is 0 Å². The van der Waals surface area contributed by atoms with Gasteiger partial charge in [0, 0.05) is 25.0 Å². The van der Waals surface area contributed by atoms with Crippen molar-refractivity contribution in [2.75, 3.05) is 33.7 Å². The molecular formula is C12H19N3OS. The molecule has 94 valence electrons. The SMILES string of the molecule is Cc1nc(CC(=O)C2CN(C)CCN2C)cs1. The zero-order valence-corrected chi connectivity index (χ0v) is 11.5. The third-order valence-electron chi connectivity index (χ3n) is 3.24. The molecule has 0 aromatic carbocycles. The average Bonchev–Trinajstić information content (AvgIpc) is 2.67. The summed E-state index contributed by atoms with van der Waals surface area (Å²) < 4.78 is 0. The Morgan fingerprint density at radius 2 is 2.29 bits per heavy atom. The number of carbonyl (C=O) groups is 1. The average molecular weight is 253 g/mol. The number of ketones is 1. The summed E-state index contributed by atoms with van der Waals surface area (Å²) in [7, 11) is 4.10. The molecule has 1 saturated heterocycles. The Morgan fingerprint density at radius 1 is 1.53 bits per heavy atom. The van der Waals surface area contributed by atoms with E-state index in [2.05, 4.69) is 21.8 Å². The highest BCUT2D eigenvalue weighted by atomic mass is 32.1. The zero-order valence-electron chi connectivity index (χ0n) is 10.6. The number of rotatable bonds is 3. The molecule has 1 aromatic rings. The molecule has 1 aliphatic heterocycles. The Labute approximate surface area is 106 Å². The van der Waals surface area contributed by atoms with E-state index in [1.165, 1.54) is 0 Å². The predicted molar refractivity (Wildman–Crippen MR) is 69.5 cm³/mol. The second-order valence-corrected chi connectivity index (χ2v) is 5.82. The summed E-state index contributed by atoms with van der Waals surface area (Å²) in [5, 5.41) is 3.02. The summed E-state index contributed by atoms with van der Waals surface area (Å²) in [6.45, 7) is 4.80. The molecule has 1 atom stereocenters. The highest BCUT2D eigenvalue weighted by Gasteiger charge is 2.28. The number of aromatic nitrogens is 1. The van der Waals surface area contributed by atoms with Crippen molar-refractivity contribution in [2.24, 2.45) is 0 Å². The maximum Gasteiger partial charge on any atom is 0.157 e. The largest absolute Gasteiger partial charge is 0.303 e. The lowest BCUT2D eigenvalue weighted by Crippen LogP contribution is -2.53. The van der Waals surface area contributed by atoms with E-state index in [0.29, 0.717) is 6.42 Å². The van der Waals surface area contributed by atoms with Crippen LogP contribution in [-0.2, 0) is 11.2 Å². The molecule has 2 heterocycles. The van der Waals surface area contributed by atoms with Gasteiger partial charge >= 0.3 is 0 Å². The van der Waals surface area contributed by atoms with E-state index in [-0.39, 0.29) is 11.8 Å². The quantitative estimate of drug-likeness (QED) is 0.799. The van der Waals surface area contributed by atoms with E-state index >= 15 is 0 Å². The maximum atomic E-state index is 12.2. The molecule has 0 spiro atoms. The van der Waals surface area contributed by atoms with Crippen LogP contribution in [0.25, 0.3) is 0 Å². The third-order valence-corrected chi connectivity index (χ3v) is 4.07. The van der Waals surface area contributed by atoms with E-state index in [9.17, 15) is 4.79 Å². The number of nitrogens with zero attached hydrogens (tertiary/aromatic N) is 3. The Hall–Kier alpha value is -0.780. The van der Waals surface area contributed by atoms with Gasteiger partial charge in [0.2, 0.25) is 0 Å². The van der Waals surface area contributed by atoms with Gasteiger partial charge in [0.25, 0.3) is 0 Å². The summed E-state index contributed by atoms with van der Waals surface area (Å²) in [6.07, 6.45) is 0.465. The number of likely N-dealkylation sites (N-methyl/N-ethyl adjacent to an activating group) is 2. The van der Waals surface area contributed by atoms with Crippen molar-refractivity contribution in [2.45, 2.75) is 19.4 Å². The highest BCUT2D eigenvalue weighted by molar-refractivity contribution is 7.09. The van der Waals surface area contributed by atoms with Crippen molar-refractivity contribution >= 4 is 17.1 Å². The fourth-order valence-electron chi connectivity index (χ4n) is 2.14. The van der Waals surface area contributed by atoms with Gasteiger partial charge in [-0.1, -0.05) is 0 Å². The molecule has 0 amide bonds. The van der Waals surface area contributed by atoms with Gasteiger partial charge in [0.1, 0.15) is 0 Å². The van der Waals surface area contributed by atoms with Gasteiger partial charge in [-0.15, -0.1) is 11.3 Å². The monoisotopic (exact) mass is 253 g/mol. The third kappa shape index (κ3) is 3.12. The van der Waals surface area contributed by atoms with Gasteiger partial charge in [-0.05, 0) is 21.0 Å². The van der Waals surface area contributed by atoms with E-state index in [1.807, 2.05) is 19.4 Å². The number of thiazole rings is 1. The molecule has 0 radical (unpaired) electrons. The number of Topliss-reactive ketones (excluding diaryl/α,β-unsaturated/α-hetero) is 1. The minimum Gasteiger partial charge on any atom is -0.303 e. The van der Waals surface area contributed by atoms with Crippen LogP contribution in [0.5, 0.6) is 0 Å². The lowest BCUT2D eigenvalue weighted by atomic mass is 10.0. The standard InChI is InChI=1S/C12H19N3OS/c1-9-13-10(8-17-9)6-12(16)11-7-14(2)4-5-15(11)3/h8,11H,4-7H2,1-3H3. The lowest BCUT2D eigenvalue weighted by Gasteiger charge is -2.36. The molecular weight excluding hydrogens is 234 g/mol. The number of carbonyl (C=O) groups excluding carboxylic acids is 1. The number of hydrogen-bond donors (Lipinski definition) is 0. The van der Waals surface area contributed by atoms with Gasteiger partial charge < -0.3 is 4.90 Å². The van der Waals surface area contributed by atoms with Crippen LogP contribution in [0.15, 0.2) is 5.38 Å². The second-order valence-electron chi connectivity index (χ2n) is 4.76. The van der Waals surface area contributed by atoms with Crippen molar-refractivity contribution < 1.29 is 4.79 Å². The fourth-order valence-corrected chi connectivity index (χ4v) is 2.76. The van der Waals surface area contributed by atoms with Crippen LogP contribution in [-0.4, -0.2) is 60.3 Å². The van der Waals surface area contributed by atoms with Crippen molar-refractivity contribution in [1.82, 2.24) is 14.8 Å². The molecule has 2 rings (SSSR count). The topological polar surface area (TPSA) is 36.4 Å². The first-order valence-electron chi connectivity index (χ1n) is 5.89. The van der Waals surface area contributed by atoms with Crippen LogP contribution in [0, 0.1) is 6.92 Å². The molecule has 1 aliphatic rings. The van der Waals surface area contributed by atoms with Crippen LogP contribution in [0.4, 0.5) is 0 Å². The molecule has 1 fully saturated rings. The number of piperazine rings is 1. The van der Waals surface area contributed by atoms with Gasteiger partial charge in [0.05, 0.1) is 23.2 Å². The van der Waals surface area contributed by atoms with Gasteiger partial charge in [0.15, 0.2) is 5.78 Å². The normalized spacial score (nSPS) is 22.9. The van der Waals surface area contributed by atoms with Crippen molar-refractivity contribution in [3.63, 3.8) is 0 Å². The van der Waals surface area contributed by atoms with Gasteiger partial charge in [-0.25, -0.2) is 4.98 Å². The van der Waals surface area contributed by atoms with Gasteiger partial charge in [-0.3, -0.25) is 9.69 Å². The zero-order chi connectivity index (χ0) is 12.4. The number of aryl methyl sites for hydroxylation is 1. The first-order chi connectivity index (χ1) is 8.06. The predicted octanol–water partition coefficient (Wildman–Crippen LogP) is 0.809. The minimum absolute atomic E-state index is 0.0238. The van der Waals surface area contributed by atoms with Crippen LogP contribution < -0.4 is 0 Å². The molecule has 0 bridgehead atoms. The first-order valence-corrected chi connectivity index (χ1v) is 6.76. The second kappa shape index (κ2) is 5.25. The summed E-state index contributed by atoms with van der Waals surface area (Å²) in [5.74, 6) is 0.282. The van der Waals surface area contributed by atoms with Crippen LogP contribution >= 0.6 is 11.3 Å². The Bertz CT molecular complexity index is 404. The van der Waals surface area contributed by atoms with E-state index < -0.39 is 0 Å². The number of hydrogen-bond acceptors (Lipinski definition) is 5. The molecule has 5 heteroatoms. The Kier molecular flexibility index (Phi) is 3.91. The van der Waals surface area contributed by atoms with Crippen molar-refractivity contribution in [3.05, 3.63) is 16.1 Å². The van der Waals surface area contributed by atoms with Crippen molar-refractivity contribution in [1.29, 1.82) is 0 Å². The maximum absolute atomic E-state index is 12.2. The van der Waals surface area contributed by atoms with Crippen LogP contribution in [0.1, 0.15) is 10.7 Å². The molecule has 0 N–H and O–H groups in total. The van der Waals surface area contributed by atoms with E-state index in [1.54, 1.807) is 11.3 Å². The Morgan fingerprint density at radius 3 is 2.94 bits per heavy atom. The summed E-state index contributed by atoms with van der Waals surface area (Å²) in [4.78, 5) is 21.0. The highest BCUT2D eigenvalue weighted by Crippen LogP contribution is 2.13. The fraction of sp³-hybridized carbons (Fsp3) is 0.667. The lowest BCUT2D eigenvalue weighted by molar-refractivity contribution is -0.125. The molecule has 17 heavy (non-hydrogen) atoms. The van der Waals surface area contributed by atoms with E-state index in [0.717, 1.165) is 30.3 Å². The first kappa shape index (κ1) is 12.7. The Balaban J connectivity index is 1.99. The van der Waals surface area contributed by atoms with Crippen LogP contribution in [0.2, 0.25) is 0 Å². The van der Waals surface area contributed by atoms with Crippen molar-refractivity contribution in [3.8, 4) is 0 Å². The molecule has 4 nitrogen and oxygen atoms in total. The molecule has 1 unspecified atom stereocenters. The summed E-state index contributed by atoms with van der Waals surface area (Å²) in [5.41, 5.74) is 0.916. The summed E-state index contributed by atoms with van der Waals surface area (Å²) >= 11 is 1.61. The van der Waals surface area contributed by atoms with Gasteiger partial charge in [-0.2, -0.15) is 0 Å². The molecule has 0 aliphatic carbocycles. The van der Waals surface area contributed by atoms with E-state index in [4.69, 9.17) is 0 Å². The molecule has 1 aromatic heterocycles. The summed E-state index contributed by atoms with van der Waals surface area (Å²) in [6, 6.07) is 0.0238. The molecule has 0 saturated carbocycles.